The SMILES string of the molecule is CC(C)COC(=O)c1nn(-c2ccc(OC(F)(F)F)cc2)c2cccc(S(C)(=O)=O)c2c1=O. The van der Waals surface area contributed by atoms with E-state index >= 15 is 0 Å². The highest BCUT2D eigenvalue weighted by molar-refractivity contribution is 7.91. The third-order valence-corrected chi connectivity index (χ3v) is 5.47. The van der Waals surface area contributed by atoms with Crippen molar-refractivity contribution in [3.8, 4) is 11.4 Å². The van der Waals surface area contributed by atoms with Gasteiger partial charge in [0.2, 0.25) is 11.1 Å². The van der Waals surface area contributed by atoms with Crippen LogP contribution in [-0.2, 0) is 14.6 Å². The van der Waals surface area contributed by atoms with Crippen LogP contribution in [-0.4, -0.2) is 43.4 Å². The van der Waals surface area contributed by atoms with Crippen molar-refractivity contribution >= 4 is 26.7 Å². The fourth-order valence-corrected chi connectivity index (χ4v) is 3.87. The number of aromatic nitrogens is 2. The molecule has 1 aromatic heterocycles. The molecule has 0 spiro atoms. The molecule has 0 unspecified atom stereocenters. The Morgan fingerprint density at radius 3 is 2.30 bits per heavy atom. The molecule has 33 heavy (non-hydrogen) atoms. The summed E-state index contributed by atoms with van der Waals surface area (Å²) in [7, 11) is -3.88. The van der Waals surface area contributed by atoms with Crippen molar-refractivity contribution in [3.05, 3.63) is 58.4 Å². The Morgan fingerprint density at radius 1 is 1.12 bits per heavy atom. The molecule has 8 nitrogen and oxygen atoms in total. The molecule has 0 radical (unpaired) electrons. The number of rotatable bonds is 6. The van der Waals surface area contributed by atoms with Crippen LogP contribution in [0.1, 0.15) is 24.3 Å². The van der Waals surface area contributed by atoms with E-state index in [1.165, 1.54) is 30.3 Å². The Morgan fingerprint density at radius 2 is 1.76 bits per heavy atom. The van der Waals surface area contributed by atoms with Gasteiger partial charge in [0.25, 0.3) is 0 Å². The van der Waals surface area contributed by atoms with E-state index in [1.54, 1.807) is 13.8 Å². The predicted molar refractivity (Wildman–Crippen MR) is 112 cm³/mol. The summed E-state index contributed by atoms with van der Waals surface area (Å²) < 4.78 is 72.1. The molecule has 3 aromatic rings. The lowest BCUT2D eigenvalue weighted by Crippen LogP contribution is -2.26. The van der Waals surface area contributed by atoms with Crippen LogP contribution in [0.2, 0.25) is 0 Å². The Kier molecular flexibility index (Phi) is 6.50. The fourth-order valence-electron chi connectivity index (χ4n) is 2.98. The number of carbonyl (C=O) groups is 1. The normalized spacial score (nSPS) is 12.2. The van der Waals surface area contributed by atoms with Crippen molar-refractivity contribution in [3.63, 3.8) is 0 Å². The summed E-state index contributed by atoms with van der Waals surface area (Å²) in [5, 5.41) is 3.76. The van der Waals surface area contributed by atoms with Gasteiger partial charge in [0.1, 0.15) is 5.75 Å². The van der Waals surface area contributed by atoms with E-state index in [2.05, 4.69) is 9.84 Å². The zero-order chi connectivity index (χ0) is 24.6. The van der Waals surface area contributed by atoms with Gasteiger partial charge in [-0.3, -0.25) is 4.79 Å². The molecule has 176 valence electrons. The van der Waals surface area contributed by atoms with Crippen LogP contribution in [0.4, 0.5) is 13.2 Å². The zero-order valence-electron chi connectivity index (χ0n) is 17.7. The second-order valence-electron chi connectivity index (χ2n) is 7.55. The first-order valence-corrected chi connectivity index (χ1v) is 11.5. The largest absolute Gasteiger partial charge is 0.573 e. The van der Waals surface area contributed by atoms with Crippen LogP contribution in [0.3, 0.4) is 0 Å². The molecule has 0 saturated heterocycles. The molecule has 3 rings (SSSR count). The summed E-state index contributed by atoms with van der Waals surface area (Å²) in [6.07, 6.45) is -3.98. The van der Waals surface area contributed by atoms with Crippen molar-refractivity contribution in [2.45, 2.75) is 25.1 Å². The quantitative estimate of drug-likeness (QED) is 0.493. The maximum absolute atomic E-state index is 13.1. The highest BCUT2D eigenvalue weighted by atomic mass is 32.2. The lowest BCUT2D eigenvalue weighted by Gasteiger charge is -2.15. The lowest BCUT2D eigenvalue weighted by atomic mass is 10.2. The van der Waals surface area contributed by atoms with Crippen LogP contribution in [0.5, 0.6) is 5.75 Å². The average molecular weight is 484 g/mol. The minimum absolute atomic E-state index is 0.00477. The van der Waals surface area contributed by atoms with Gasteiger partial charge in [0.05, 0.1) is 28.1 Å². The van der Waals surface area contributed by atoms with Gasteiger partial charge in [-0.25, -0.2) is 17.9 Å². The third kappa shape index (κ3) is 5.51. The van der Waals surface area contributed by atoms with Crippen molar-refractivity contribution in [2.75, 3.05) is 12.9 Å². The number of halogens is 3. The number of fused-ring (bicyclic) bond motifs is 1. The van der Waals surface area contributed by atoms with Gasteiger partial charge in [-0.05, 0) is 42.3 Å². The molecular weight excluding hydrogens is 465 g/mol. The van der Waals surface area contributed by atoms with Crippen molar-refractivity contribution in [2.24, 2.45) is 5.92 Å². The van der Waals surface area contributed by atoms with E-state index in [1.807, 2.05) is 0 Å². The highest BCUT2D eigenvalue weighted by Gasteiger charge is 2.31. The van der Waals surface area contributed by atoms with E-state index in [-0.39, 0.29) is 34.0 Å². The van der Waals surface area contributed by atoms with Gasteiger partial charge in [0, 0.05) is 6.26 Å². The van der Waals surface area contributed by atoms with E-state index in [4.69, 9.17) is 4.74 Å². The molecule has 2 aromatic carbocycles. The Balaban J connectivity index is 2.27. The summed E-state index contributed by atoms with van der Waals surface area (Å²) in [5.41, 5.74) is -1.41. The van der Waals surface area contributed by atoms with Crippen molar-refractivity contribution in [1.82, 2.24) is 9.78 Å². The second kappa shape index (κ2) is 8.85. The smallest absolute Gasteiger partial charge is 0.461 e. The van der Waals surface area contributed by atoms with Gasteiger partial charge in [-0.2, -0.15) is 5.10 Å². The maximum Gasteiger partial charge on any atom is 0.573 e. The molecule has 0 fully saturated rings. The van der Waals surface area contributed by atoms with E-state index < -0.39 is 39.0 Å². The van der Waals surface area contributed by atoms with Crippen LogP contribution < -0.4 is 10.2 Å². The summed E-state index contributed by atoms with van der Waals surface area (Å²) in [5.74, 6) is -1.58. The van der Waals surface area contributed by atoms with Crippen molar-refractivity contribution < 1.29 is 35.9 Å². The van der Waals surface area contributed by atoms with E-state index in [9.17, 15) is 31.2 Å². The molecule has 0 aliphatic rings. The molecule has 0 amide bonds. The Labute approximate surface area is 186 Å². The first-order valence-electron chi connectivity index (χ1n) is 9.57. The molecule has 0 N–H and O–H groups in total. The number of sulfone groups is 1. The maximum atomic E-state index is 13.1. The Hall–Kier alpha value is -3.41. The standard InChI is InChI=1S/C21H19F3N2O6S/c1-12(2)11-31-20(28)18-19(27)17-15(5-4-6-16(17)33(3,29)30)26(25-18)13-7-9-14(10-8-13)32-21(22,23)24/h4-10,12H,11H2,1-3H3. The fraction of sp³-hybridized carbons (Fsp3) is 0.286. The minimum atomic E-state index is -4.89. The molecule has 0 aliphatic heterocycles. The highest BCUT2D eigenvalue weighted by Crippen LogP contribution is 2.26. The number of hydrogen-bond donors (Lipinski definition) is 0. The molecular formula is C21H19F3N2O6S. The molecule has 0 saturated carbocycles. The zero-order valence-corrected chi connectivity index (χ0v) is 18.5. The number of benzene rings is 2. The summed E-state index contributed by atoms with van der Waals surface area (Å²) in [6, 6.07) is 8.48. The van der Waals surface area contributed by atoms with Gasteiger partial charge < -0.3 is 9.47 Å². The molecule has 0 atom stereocenters. The van der Waals surface area contributed by atoms with Crippen LogP contribution in [0.25, 0.3) is 16.6 Å². The van der Waals surface area contributed by atoms with Gasteiger partial charge in [-0.15, -0.1) is 13.2 Å². The third-order valence-electron chi connectivity index (χ3n) is 4.33. The number of alkyl halides is 3. The Bertz CT molecular complexity index is 1360. The lowest BCUT2D eigenvalue weighted by molar-refractivity contribution is -0.274. The number of esters is 1. The van der Waals surface area contributed by atoms with Gasteiger partial charge in [0.15, 0.2) is 9.84 Å². The summed E-state index contributed by atoms with van der Waals surface area (Å²) in [6.45, 7) is 3.56. The number of carbonyl (C=O) groups excluding carboxylic acids is 1. The van der Waals surface area contributed by atoms with Crippen LogP contribution in [0, 0.1) is 5.92 Å². The minimum Gasteiger partial charge on any atom is -0.461 e. The van der Waals surface area contributed by atoms with E-state index in [0.29, 0.717) is 0 Å². The monoisotopic (exact) mass is 484 g/mol. The summed E-state index contributed by atoms with van der Waals surface area (Å²) in [4.78, 5) is 25.3. The molecule has 0 bridgehead atoms. The molecule has 1 heterocycles. The first-order chi connectivity index (χ1) is 15.3. The topological polar surface area (TPSA) is 105 Å². The van der Waals surface area contributed by atoms with Gasteiger partial charge >= 0.3 is 12.3 Å². The van der Waals surface area contributed by atoms with Gasteiger partial charge in [-0.1, -0.05) is 19.9 Å². The summed E-state index contributed by atoms with van der Waals surface area (Å²) >= 11 is 0. The van der Waals surface area contributed by atoms with Crippen LogP contribution in [0.15, 0.2) is 52.2 Å². The predicted octanol–water partition coefficient (Wildman–Crippen LogP) is 3.50. The molecule has 12 heteroatoms. The number of nitrogens with zero attached hydrogens (tertiary/aromatic N) is 2. The molecule has 0 aliphatic carbocycles. The van der Waals surface area contributed by atoms with E-state index in [0.717, 1.165) is 23.1 Å². The second-order valence-corrected chi connectivity index (χ2v) is 9.53. The number of ether oxygens (including phenoxy) is 2. The van der Waals surface area contributed by atoms with Crippen LogP contribution >= 0.6 is 0 Å². The first kappa shape index (κ1) is 24.2. The average Bonchev–Trinajstić information content (AvgIpc) is 2.71. The van der Waals surface area contributed by atoms with Crippen molar-refractivity contribution in [1.29, 1.82) is 0 Å². The number of hydrogen-bond acceptors (Lipinski definition) is 7.